The lowest BCUT2D eigenvalue weighted by Crippen LogP contribution is -2.21. The number of hydrogen-bond acceptors (Lipinski definition) is 1. The summed E-state index contributed by atoms with van der Waals surface area (Å²) in [6.07, 6.45) is 8.37. The molecule has 1 heteroatoms. The first-order valence-electron chi connectivity index (χ1n) is 5.22. The third kappa shape index (κ3) is 1.52. The van der Waals surface area contributed by atoms with Crippen molar-refractivity contribution in [3.63, 3.8) is 0 Å². The minimum Gasteiger partial charge on any atom is -0.366 e. The molecule has 1 radical (unpaired) electrons. The van der Waals surface area contributed by atoms with Gasteiger partial charge in [-0.05, 0) is 32.1 Å². The predicted octanol–water partition coefficient (Wildman–Crippen LogP) is 2.95. The Morgan fingerprint density at radius 2 is 2.42 bits per heavy atom. The maximum absolute atomic E-state index is 5.66. The summed E-state index contributed by atoms with van der Waals surface area (Å²) in [5, 5.41) is 0. The highest BCUT2D eigenvalue weighted by molar-refractivity contribution is 5.03. The van der Waals surface area contributed by atoms with Gasteiger partial charge in [-0.3, -0.25) is 0 Å². The summed E-state index contributed by atoms with van der Waals surface area (Å²) in [4.78, 5) is 0. The maximum atomic E-state index is 5.66. The summed E-state index contributed by atoms with van der Waals surface area (Å²) in [5.74, 6) is 0.937. The molecule has 0 aromatic carbocycles. The van der Waals surface area contributed by atoms with E-state index < -0.39 is 0 Å². The van der Waals surface area contributed by atoms with Crippen molar-refractivity contribution in [2.45, 2.75) is 57.2 Å². The molecular weight excluding hydrogens is 148 g/mol. The van der Waals surface area contributed by atoms with Gasteiger partial charge in [-0.15, -0.1) is 0 Å². The van der Waals surface area contributed by atoms with Crippen molar-refractivity contribution in [3.05, 3.63) is 6.92 Å². The van der Waals surface area contributed by atoms with E-state index in [0.717, 1.165) is 12.3 Å². The number of hydrogen-bond donors (Lipinski definition) is 0. The molecule has 3 unspecified atom stereocenters. The van der Waals surface area contributed by atoms with Gasteiger partial charge in [0.2, 0.25) is 0 Å². The van der Waals surface area contributed by atoms with Gasteiger partial charge in [0.15, 0.2) is 0 Å². The van der Waals surface area contributed by atoms with Crippen molar-refractivity contribution >= 4 is 0 Å². The van der Waals surface area contributed by atoms with Crippen LogP contribution in [0, 0.1) is 12.8 Å². The Hall–Kier alpha value is -0.0400. The van der Waals surface area contributed by atoms with Crippen LogP contribution >= 0.6 is 0 Å². The SMILES string of the molecule is [CH2]CCCC1CCC2(C)OC2C1. The minimum atomic E-state index is 0.307. The van der Waals surface area contributed by atoms with Crippen LogP contribution in [0.3, 0.4) is 0 Å². The summed E-state index contributed by atoms with van der Waals surface area (Å²) in [6, 6.07) is 0. The smallest absolute Gasteiger partial charge is 0.0920 e. The third-order valence-corrected chi connectivity index (χ3v) is 3.49. The molecule has 1 heterocycles. The predicted molar refractivity (Wildman–Crippen MR) is 49.8 cm³/mol. The van der Waals surface area contributed by atoms with E-state index in [2.05, 4.69) is 13.8 Å². The van der Waals surface area contributed by atoms with Crippen LogP contribution in [0.15, 0.2) is 0 Å². The standard InChI is InChI=1S/C11H19O/c1-3-4-5-9-6-7-11(2)10(8-9)12-11/h9-10H,1,3-8H2,2H3. The Morgan fingerprint density at radius 3 is 3.08 bits per heavy atom. The first-order valence-corrected chi connectivity index (χ1v) is 5.22. The summed E-state index contributed by atoms with van der Waals surface area (Å²) in [6.45, 7) is 6.14. The second kappa shape index (κ2) is 3.02. The van der Waals surface area contributed by atoms with Crippen LogP contribution in [-0.4, -0.2) is 11.7 Å². The minimum absolute atomic E-state index is 0.307. The molecular formula is C11H19O. The summed E-state index contributed by atoms with van der Waals surface area (Å²) < 4.78 is 5.66. The van der Waals surface area contributed by atoms with Crippen LogP contribution in [0.4, 0.5) is 0 Å². The number of epoxide rings is 1. The molecule has 1 aliphatic heterocycles. The fourth-order valence-corrected chi connectivity index (χ4v) is 2.41. The van der Waals surface area contributed by atoms with Crippen LogP contribution in [0.25, 0.3) is 0 Å². The van der Waals surface area contributed by atoms with Crippen LogP contribution in [-0.2, 0) is 4.74 Å². The Kier molecular flexibility index (Phi) is 2.16. The highest BCUT2D eigenvalue weighted by atomic mass is 16.6. The van der Waals surface area contributed by atoms with Gasteiger partial charge >= 0.3 is 0 Å². The molecule has 2 fully saturated rings. The quantitative estimate of drug-likeness (QED) is 0.589. The molecule has 3 atom stereocenters. The van der Waals surface area contributed by atoms with E-state index in [4.69, 9.17) is 4.74 Å². The van der Waals surface area contributed by atoms with Crippen molar-refractivity contribution in [1.82, 2.24) is 0 Å². The van der Waals surface area contributed by atoms with Crippen LogP contribution in [0.5, 0.6) is 0 Å². The average Bonchev–Trinajstić information content (AvgIpc) is 2.72. The van der Waals surface area contributed by atoms with Crippen molar-refractivity contribution in [3.8, 4) is 0 Å². The molecule has 0 aromatic rings. The van der Waals surface area contributed by atoms with Crippen molar-refractivity contribution in [2.75, 3.05) is 0 Å². The molecule has 2 rings (SSSR count). The lowest BCUT2D eigenvalue weighted by molar-refractivity contribution is 0.298. The zero-order valence-electron chi connectivity index (χ0n) is 8.01. The summed E-state index contributed by atoms with van der Waals surface area (Å²) in [7, 11) is 0. The lowest BCUT2D eigenvalue weighted by Gasteiger charge is -2.21. The molecule has 1 saturated carbocycles. The van der Waals surface area contributed by atoms with Gasteiger partial charge < -0.3 is 4.74 Å². The molecule has 0 N–H and O–H groups in total. The van der Waals surface area contributed by atoms with Gasteiger partial charge in [-0.1, -0.05) is 26.2 Å². The normalized spacial score (nSPS) is 45.5. The Labute approximate surface area is 75.5 Å². The Bertz CT molecular complexity index is 166. The fraction of sp³-hybridized carbons (Fsp3) is 0.909. The van der Waals surface area contributed by atoms with E-state index in [-0.39, 0.29) is 0 Å². The van der Waals surface area contributed by atoms with E-state index >= 15 is 0 Å². The molecule has 2 aliphatic rings. The highest BCUT2D eigenvalue weighted by Crippen LogP contribution is 2.50. The summed E-state index contributed by atoms with van der Waals surface area (Å²) in [5.41, 5.74) is 0.307. The number of fused-ring (bicyclic) bond motifs is 1. The fourth-order valence-electron chi connectivity index (χ4n) is 2.41. The van der Waals surface area contributed by atoms with Crippen LogP contribution in [0.2, 0.25) is 0 Å². The molecule has 1 saturated heterocycles. The highest BCUT2D eigenvalue weighted by Gasteiger charge is 2.54. The molecule has 0 amide bonds. The van der Waals surface area contributed by atoms with Gasteiger partial charge in [0, 0.05) is 0 Å². The van der Waals surface area contributed by atoms with E-state index in [1.165, 1.54) is 32.1 Å². The zero-order chi connectivity index (χ0) is 8.60. The topological polar surface area (TPSA) is 12.5 Å². The van der Waals surface area contributed by atoms with Gasteiger partial charge in [0.25, 0.3) is 0 Å². The van der Waals surface area contributed by atoms with E-state index in [9.17, 15) is 0 Å². The average molecular weight is 167 g/mol. The number of rotatable bonds is 3. The van der Waals surface area contributed by atoms with Gasteiger partial charge in [-0.25, -0.2) is 0 Å². The molecule has 1 aliphatic carbocycles. The summed E-state index contributed by atoms with van der Waals surface area (Å²) >= 11 is 0. The molecule has 69 valence electrons. The van der Waals surface area contributed by atoms with Gasteiger partial charge in [0.05, 0.1) is 11.7 Å². The lowest BCUT2D eigenvalue weighted by atomic mass is 9.81. The maximum Gasteiger partial charge on any atom is 0.0920 e. The van der Waals surface area contributed by atoms with E-state index in [1.54, 1.807) is 0 Å². The number of ether oxygens (including phenoxy) is 1. The van der Waals surface area contributed by atoms with Crippen molar-refractivity contribution < 1.29 is 4.74 Å². The zero-order valence-corrected chi connectivity index (χ0v) is 8.01. The second-order valence-electron chi connectivity index (χ2n) is 4.56. The molecule has 0 bridgehead atoms. The monoisotopic (exact) mass is 167 g/mol. The number of unbranched alkanes of at least 4 members (excludes halogenated alkanes) is 1. The molecule has 0 spiro atoms. The first kappa shape index (κ1) is 8.55. The van der Waals surface area contributed by atoms with Gasteiger partial charge in [0.1, 0.15) is 0 Å². The first-order chi connectivity index (χ1) is 5.74. The van der Waals surface area contributed by atoms with Crippen molar-refractivity contribution in [2.24, 2.45) is 5.92 Å². The van der Waals surface area contributed by atoms with Gasteiger partial charge in [-0.2, -0.15) is 0 Å². The third-order valence-electron chi connectivity index (χ3n) is 3.49. The second-order valence-corrected chi connectivity index (χ2v) is 4.56. The Balaban J connectivity index is 1.74. The molecule has 12 heavy (non-hydrogen) atoms. The Morgan fingerprint density at radius 1 is 1.58 bits per heavy atom. The van der Waals surface area contributed by atoms with E-state index in [1.807, 2.05) is 0 Å². The van der Waals surface area contributed by atoms with Crippen LogP contribution in [0.1, 0.15) is 45.4 Å². The largest absolute Gasteiger partial charge is 0.366 e. The van der Waals surface area contributed by atoms with Crippen molar-refractivity contribution in [1.29, 1.82) is 0 Å². The molecule has 1 nitrogen and oxygen atoms in total. The van der Waals surface area contributed by atoms with Crippen LogP contribution < -0.4 is 0 Å². The molecule has 0 aromatic heterocycles. The van der Waals surface area contributed by atoms with E-state index in [0.29, 0.717) is 11.7 Å².